The van der Waals surface area contributed by atoms with Crippen molar-refractivity contribution in [2.75, 3.05) is 13.7 Å². The van der Waals surface area contributed by atoms with E-state index in [2.05, 4.69) is 43.3 Å². The van der Waals surface area contributed by atoms with Crippen molar-refractivity contribution in [2.45, 2.75) is 72.8 Å². The maximum absolute atomic E-state index is 12.9. The van der Waals surface area contributed by atoms with Crippen LogP contribution in [0.25, 0.3) is 11.3 Å². The molecule has 0 saturated heterocycles. The number of carbonyl (C=O) groups excluding carboxylic acids is 1. The molecule has 1 aromatic carbocycles. The minimum absolute atomic E-state index is 0.199. The van der Waals surface area contributed by atoms with Gasteiger partial charge in [-0.2, -0.15) is 13.5 Å². The third-order valence-electron chi connectivity index (χ3n) is 6.63. The Bertz CT molecular complexity index is 1010. The van der Waals surface area contributed by atoms with Crippen molar-refractivity contribution >= 4 is 29.1 Å². The first kappa shape index (κ1) is 29.0. The van der Waals surface area contributed by atoms with Crippen LogP contribution in [0.4, 0.5) is 0 Å². The number of methoxy groups -OCH3 is 1. The Morgan fingerprint density at radius 3 is 2.49 bits per heavy atom. The Labute approximate surface area is 217 Å². The number of aryl methyl sites for hydroxylation is 2. The second kappa shape index (κ2) is 14.4. The lowest BCUT2D eigenvalue weighted by molar-refractivity contribution is 0.0936. The average molecular weight is 524 g/mol. The molecule has 35 heavy (non-hydrogen) atoms. The highest BCUT2D eigenvalue weighted by molar-refractivity contribution is 7.51. The van der Waals surface area contributed by atoms with Gasteiger partial charge in [-0.15, -0.1) is 0 Å². The Hall–Kier alpha value is -2.19. The maximum Gasteiger partial charge on any atom is 0.335 e. The summed E-state index contributed by atoms with van der Waals surface area (Å²) < 4.78 is 24.1. The quantitative estimate of drug-likeness (QED) is 0.455. The summed E-state index contributed by atoms with van der Waals surface area (Å²) >= 11 is 6.00. The smallest absolute Gasteiger partial charge is 0.335 e. The number of ether oxygens (including phenoxy) is 1. The number of aromatic nitrogens is 2. The number of rotatable bonds is 9. The number of carbonyl (C=O) groups is 1. The average Bonchev–Trinajstić information content (AvgIpc) is 3.18. The molecule has 194 valence electrons. The van der Waals surface area contributed by atoms with Crippen LogP contribution in [0.2, 0.25) is 5.02 Å². The molecule has 0 atom stereocenters. The highest BCUT2D eigenvalue weighted by atomic mass is 35.5. The van der Waals surface area contributed by atoms with Crippen LogP contribution >= 0.6 is 11.6 Å². The summed E-state index contributed by atoms with van der Waals surface area (Å²) in [5.41, 5.74) is 3.12. The van der Waals surface area contributed by atoms with Gasteiger partial charge in [0.25, 0.3) is 5.91 Å². The molecule has 1 aliphatic rings. The first-order chi connectivity index (χ1) is 16.7. The topological polar surface area (TPSA) is 90.3 Å². The van der Waals surface area contributed by atoms with Gasteiger partial charge in [0.05, 0.1) is 17.8 Å². The van der Waals surface area contributed by atoms with Crippen LogP contribution < -0.4 is 10.1 Å². The molecule has 1 fully saturated rings. The van der Waals surface area contributed by atoms with Crippen LogP contribution in [0, 0.1) is 17.8 Å². The minimum atomic E-state index is -0.750. The van der Waals surface area contributed by atoms with Gasteiger partial charge in [0.15, 0.2) is 5.69 Å². The molecule has 0 aliphatic heterocycles. The lowest BCUT2D eigenvalue weighted by Gasteiger charge is -2.26. The van der Waals surface area contributed by atoms with Crippen molar-refractivity contribution < 1.29 is 17.9 Å². The maximum atomic E-state index is 12.9. The van der Waals surface area contributed by atoms with Crippen LogP contribution in [0.15, 0.2) is 18.2 Å². The van der Waals surface area contributed by atoms with Crippen molar-refractivity contribution in [3.63, 3.8) is 0 Å². The monoisotopic (exact) mass is 523 g/mol. The molecule has 0 spiro atoms. The van der Waals surface area contributed by atoms with Gasteiger partial charge in [-0.1, -0.05) is 51.3 Å². The van der Waals surface area contributed by atoms with Gasteiger partial charge in [0.2, 0.25) is 0 Å². The standard InChI is InChI=1S/C26H38ClN3O2.O2S/c1-6-30-25(21-14-13-19(10-7-17(2)3)15-22(21)32-5)23(27)24(29-30)26(31)28-16-20-11-8-18(4)9-12-20;1-3-2/h13-15,17-18,20H,6-12,16H2,1-5H3,(H,28,31);. The second-order valence-electron chi connectivity index (χ2n) is 9.70. The molecule has 0 bridgehead atoms. The predicted octanol–water partition coefficient (Wildman–Crippen LogP) is 5.71. The third-order valence-corrected chi connectivity index (χ3v) is 6.99. The van der Waals surface area contributed by atoms with Gasteiger partial charge in [-0.25, -0.2) is 0 Å². The van der Waals surface area contributed by atoms with Crippen molar-refractivity contribution in [2.24, 2.45) is 17.8 Å². The largest absolute Gasteiger partial charge is 0.496 e. The molecular weight excluding hydrogens is 486 g/mol. The fraction of sp³-hybridized carbons (Fsp3) is 0.615. The second-order valence-corrected chi connectivity index (χ2v) is 10.2. The molecule has 1 saturated carbocycles. The highest BCUT2D eigenvalue weighted by Crippen LogP contribution is 2.38. The van der Waals surface area contributed by atoms with Crippen molar-refractivity contribution in [1.29, 1.82) is 0 Å². The molecule has 2 aromatic rings. The Kier molecular flexibility index (Phi) is 11.9. The molecule has 7 nitrogen and oxygen atoms in total. The lowest BCUT2D eigenvalue weighted by Crippen LogP contribution is -2.31. The van der Waals surface area contributed by atoms with Gasteiger partial charge >= 0.3 is 11.6 Å². The van der Waals surface area contributed by atoms with Crippen LogP contribution in [-0.4, -0.2) is 37.8 Å². The summed E-state index contributed by atoms with van der Waals surface area (Å²) in [5, 5.41) is 8.01. The summed E-state index contributed by atoms with van der Waals surface area (Å²) in [5.74, 6) is 2.54. The molecule has 1 amide bonds. The van der Waals surface area contributed by atoms with E-state index in [0.29, 0.717) is 35.6 Å². The predicted molar refractivity (Wildman–Crippen MR) is 140 cm³/mol. The van der Waals surface area contributed by atoms with Gasteiger partial charge in [0, 0.05) is 18.7 Å². The SMILES string of the molecule is CCn1nc(C(=O)NCC2CCC(C)CC2)c(Cl)c1-c1ccc(CCC(C)C)cc1OC.O=S=O. The van der Waals surface area contributed by atoms with Gasteiger partial charge < -0.3 is 10.1 Å². The van der Waals surface area contributed by atoms with Crippen molar-refractivity contribution in [3.8, 4) is 17.0 Å². The first-order valence-electron chi connectivity index (χ1n) is 12.4. The molecule has 3 rings (SSSR count). The minimum Gasteiger partial charge on any atom is -0.496 e. The summed E-state index contributed by atoms with van der Waals surface area (Å²) in [6.45, 7) is 10.1. The van der Waals surface area contributed by atoms with Gasteiger partial charge in [-0.05, 0) is 68.1 Å². The lowest BCUT2D eigenvalue weighted by atomic mass is 9.83. The Morgan fingerprint density at radius 1 is 1.26 bits per heavy atom. The van der Waals surface area contributed by atoms with E-state index in [1.54, 1.807) is 11.8 Å². The zero-order valence-electron chi connectivity index (χ0n) is 21.4. The molecule has 1 aliphatic carbocycles. The van der Waals surface area contributed by atoms with E-state index in [0.717, 1.165) is 35.8 Å². The molecule has 1 heterocycles. The zero-order valence-corrected chi connectivity index (χ0v) is 23.0. The fourth-order valence-electron chi connectivity index (χ4n) is 4.47. The van der Waals surface area contributed by atoms with Gasteiger partial charge in [0.1, 0.15) is 5.75 Å². The van der Waals surface area contributed by atoms with E-state index in [-0.39, 0.29) is 5.91 Å². The summed E-state index contributed by atoms with van der Waals surface area (Å²) in [7, 11) is 1.67. The van der Waals surface area contributed by atoms with Gasteiger partial charge in [-0.3, -0.25) is 9.48 Å². The van der Waals surface area contributed by atoms with Crippen LogP contribution in [-0.2, 0) is 24.5 Å². The number of benzene rings is 1. The molecule has 0 unspecified atom stereocenters. The van der Waals surface area contributed by atoms with E-state index in [1.807, 2.05) is 13.0 Å². The molecule has 1 N–H and O–H groups in total. The van der Waals surface area contributed by atoms with Crippen LogP contribution in [0.1, 0.15) is 75.9 Å². The van der Waals surface area contributed by atoms with E-state index < -0.39 is 11.6 Å². The number of amides is 1. The number of nitrogens with one attached hydrogen (secondary N) is 1. The van der Waals surface area contributed by atoms with E-state index in [4.69, 9.17) is 24.8 Å². The normalized spacial score (nSPS) is 17.5. The molecule has 0 radical (unpaired) electrons. The van der Waals surface area contributed by atoms with E-state index in [1.165, 1.54) is 31.2 Å². The van der Waals surface area contributed by atoms with E-state index in [9.17, 15) is 4.79 Å². The highest BCUT2D eigenvalue weighted by Gasteiger charge is 2.25. The van der Waals surface area contributed by atoms with Crippen LogP contribution in [0.5, 0.6) is 5.75 Å². The number of hydrogen-bond acceptors (Lipinski definition) is 5. The van der Waals surface area contributed by atoms with Crippen LogP contribution in [0.3, 0.4) is 0 Å². The molecule has 1 aromatic heterocycles. The Balaban J connectivity index is 0.00000137. The van der Waals surface area contributed by atoms with Crippen molar-refractivity contribution in [3.05, 3.63) is 34.5 Å². The summed E-state index contributed by atoms with van der Waals surface area (Å²) in [6, 6.07) is 6.23. The number of halogens is 1. The third kappa shape index (κ3) is 8.17. The number of hydrogen-bond donors (Lipinski definition) is 1. The number of nitrogens with zero attached hydrogens (tertiary/aromatic N) is 2. The molecule has 9 heteroatoms. The summed E-state index contributed by atoms with van der Waals surface area (Å²) in [6.07, 6.45) is 6.95. The molecular formula is C26H38ClN3O4S. The van der Waals surface area contributed by atoms with E-state index >= 15 is 0 Å². The zero-order chi connectivity index (χ0) is 26.0. The summed E-state index contributed by atoms with van der Waals surface area (Å²) in [4.78, 5) is 12.9. The first-order valence-corrected chi connectivity index (χ1v) is 13.4. The Morgan fingerprint density at radius 2 is 1.91 bits per heavy atom. The van der Waals surface area contributed by atoms with Crippen molar-refractivity contribution in [1.82, 2.24) is 15.1 Å². The fourth-order valence-corrected chi connectivity index (χ4v) is 4.79.